The molecular formula is C11H16N2O2. The Kier molecular flexibility index (Phi) is 4.12. The highest BCUT2D eigenvalue weighted by Crippen LogP contribution is 2.14. The molecule has 0 amide bonds. The number of hydroxylamine groups is 1. The van der Waals surface area contributed by atoms with Crippen molar-refractivity contribution < 1.29 is 9.94 Å². The fourth-order valence-corrected chi connectivity index (χ4v) is 1.08. The largest absolute Gasteiger partial charge is 0.491 e. The first kappa shape index (κ1) is 11.5. The van der Waals surface area contributed by atoms with Crippen LogP contribution in [0.2, 0.25) is 0 Å². The minimum Gasteiger partial charge on any atom is -0.491 e. The lowest BCUT2D eigenvalue weighted by Gasteiger charge is -2.12. The van der Waals surface area contributed by atoms with Gasteiger partial charge in [-0.05, 0) is 37.6 Å². The Bertz CT molecular complexity index is 322. The summed E-state index contributed by atoms with van der Waals surface area (Å²) >= 11 is 0. The number of nitrogens with one attached hydrogen (secondary N) is 2. The van der Waals surface area contributed by atoms with E-state index in [1.54, 1.807) is 29.7 Å². The van der Waals surface area contributed by atoms with Crippen molar-refractivity contribution in [3.05, 3.63) is 29.8 Å². The van der Waals surface area contributed by atoms with Gasteiger partial charge in [-0.1, -0.05) is 6.92 Å². The summed E-state index contributed by atoms with van der Waals surface area (Å²) in [7, 11) is 0. The quantitative estimate of drug-likeness (QED) is 0.403. The Hall–Kier alpha value is -1.55. The van der Waals surface area contributed by atoms with E-state index in [-0.39, 0.29) is 11.9 Å². The maximum Gasteiger partial charge on any atom is 0.149 e. The van der Waals surface area contributed by atoms with Gasteiger partial charge in [-0.2, -0.15) is 0 Å². The maximum atomic E-state index is 8.54. The lowest BCUT2D eigenvalue weighted by Crippen LogP contribution is -2.18. The zero-order valence-electron chi connectivity index (χ0n) is 8.95. The van der Waals surface area contributed by atoms with Crippen LogP contribution < -0.4 is 10.2 Å². The molecule has 1 rings (SSSR count). The summed E-state index contributed by atoms with van der Waals surface area (Å²) < 4.78 is 5.58. The van der Waals surface area contributed by atoms with Gasteiger partial charge in [0.05, 0.1) is 6.10 Å². The number of rotatable bonds is 4. The van der Waals surface area contributed by atoms with Crippen LogP contribution in [0.15, 0.2) is 24.3 Å². The molecule has 4 heteroatoms. The Morgan fingerprint density at radius 2 is 2.07 bits per heavy atom. The highest BCUT2D eigenvalue weighted by Gasteiger charge is 2.02. The van der Waals surface area contributed by atoms with Crippen molar-refractivity contribution in [3.8, 4) is 5.75 Å². The molecule has 0 bridgehead atoms. The molecule has 0 aliphatic heterocycles. The van der Waals surface area contributed by atoms with Crippen molar-refractivity contribution in [3.63, 3.8) is 0 Å². The first-order valence-electron chi connectivity index (χ1n) is 4.93. The average molecular weight is 208 g/mol. The Morgan fingerprint density at radius 1 is 1.47 bits per heavy atom. The molecule has 0 fully saturated rings. The van der Waals surface area contributed by atoms with Gasteiger partial charge in [0, 0.05) is 5.56 Å². The third-order valence-electron chi connectivity index (χ3n) is 2.17. The van der Waals surface area contributed by atoms with E-state index in [0.717, 1.165) is 12.2 Å². The number of hydrogen-bond donors (Lipinski definition) is 3. The predicted octanol–water partition coefficient (Wildman–Crippen LogP) is 2.17. The molecule has 82 valence electrons. The van der Waals surface area contributed by atoms with Crippen molar-refractivity contribution in [2.75, 3.05) is 0 Å². The summed E-state index contributed by atoms with van der Waals surface area (Å²) in [5.41, 5.74) is 2.41. The molecule has 1 aromatic carbocycles. The van der Waals surface area contributed by atoms with Gasteiger partial charge in [-0.25, -0.2) is 0 Å². The van der Waals surface area contributed by atoms with Gasteiger partial charge in [0.15, 0.2) is 0 Å². The highest BCUT2D eigenvalue weighted by molar-refractivity contribution is 5.95. The van der Waals surface area contributed by atoms with Crippen LogP contribution in [0.1, 0.15) is 25.8 Å². The van der Waals surface area contributed by atoms with E-state index in [2.05, 4.69) is 6.92 Å². The SMILES string of the molecule is CC[C@@H](C)Oc1ccc(C(=N)NO)cc1. The topological polar surface area (TPSA) is 65.3 Å². The van der Waals surface area contributed by atoms with E-state index in [0.29, 0.717) is 5.56 Å². The van der Waals surface area contributed by atoms with Crippen molar-refractivity contribution in [2.24, 2.45) is 0 Å². The van der Waals surface area contributed by atoms with Crippen LogP contribution in [-0.4, -0.2) is 17.1 Å². The fraction of sp³-hybridized carbons (Fsp3) is 0.364. The van der Waals surface area contributed by atoms with Crippen LogP contribution in [-0.2, 0) is 0 Å². The number of amidine groups is 1. The lowest BCUT2D eigenvalue weighted by atomic mass is 10.2. The maximum absolute atomic E-state index is 8.54. The molecule has 15 heavy (non-hydrogen) atoms. The van der Waals surface area contributed by atoms with Crippen LogP contribution in [0.4, 0.5) is 0 Å². The van der Waals surface area contributed by atoms with Crippen molar-refractivity contribution in [1.29, 1.82) is 5.41 Å². The second kappa shape index (κ2) is 5.36. The second-order valence-electron chi connectivity index (χ2n) is 3.35. The van der Waals surface area contributed by atoms with Crippen LogP contribution in [0.25, 0.3) is 0 Å². The van der Waals surface area contributed by atoms with Crippen LogP contribution in [0, 0.1) is 5.41 Å². The minimum absolute atomic E-state index is 0.0231. The first-order chi connectivity index (χ1) is 7.17. The molecule has 0 radical (unpaired) electrons. The molecule has 0 aromatic heterocycles. The van der Waals surface area contributed by atoms with E-state index < -0.39 is 0 Å². The van der Waals surface area contributed by atoms with Gasteiger partial charge in [0.2, 0.25) is 0 Å². The Labute approximate surface area is 89.4 Å². The average Bonchev–Trinajstić information content (AvgIpc) is 2.29. The van der Waals surface area contributed by atoms with Gasteiger partial charge >= 0.3 is 0 Å². The van der Waals surface area contributed by atoms with Crippen molar-refractivity contribution in [2.45, 2.75) is 26.4 Å². The first-order valence-corrected chi connectivity index (χ1v) is 4.93. The molecule has 3 N–H and O–H groups in total. The second-order valence-corrected chi connectivity index (χ2v) is 3.35. The van der Waals surface area contributed by atoms with Crippen LogP contribution in [0.5, 0.6) is 5.75 Å². The summed E-state index contributed by atoms with van der Waals surface area (Å²) in [5, 5.41) is 15.9. The summed E-state index contributed by atoms with van der Waals surface area (Å²) in [5.74, 6) is 0.754. The normalized spacial score (nSPS) is 11.9. The molecule has 1 aromatic rings. The molecule has 0 aliphatic carbocycles. The Balaban J connectivity index is 2.68. The fourth-order valence-electron chi connectivity index (χ4n) is 1.08. The lowest BCUT2D eigenvalue weighted by molar-refractivity contribution is 0.217. The third kappa shape index (κ3) is 3.25. The van der Waals surface area contributed by atoms with E-state index in [9.17, 15) is 0 Å². The van der Waals surface area contributed by atoms with E-state index in [4.69, 9.17) is 15.4 Å². The minimum atomic E-state index is -0.0231. The molecule has 0 saturated carbocycles. The van der Waals surface area contributed by atoms with E-state index >= 15 is 0 Å². The van der Waals surface area contributed by atoms with Crippen molar-refractivity contribution >= 4 is 5.84 Å². The summed E-state index contributed by atoms with van der Waals surface area (Å²) in [4.78, 5) is 0. The summed E-state index contributed by atoms with van der Waals surface area (Å²) in [6, 6.07) is 7.02. The molecule has 0 spiro atoms. The van der Waals surface area contributed by atoms with E-state index in [1.165, 1.54) is 0 Å². The van der Waals surface area contributed by atoms with Crippen LogP contribution >= 0.6 is 0 Å². The summed E-state index contributed by atoms with van der Waals surface area (Å²) in [6.07, 6.45) is 1.14. The molecule has 0 saturated heterocycles. The Morgan fingerprint density at radius 3 is 2.53 bits per heavy atom. The van der Waals surface area contributed by atoms with Gasteiger partial charge in [-0.15, -0.1) is 0 Å². The summed E-state index contributed by atoms with van der Waals surface area (Å²) in [6.45, 7) is 4.07. The van der Waals surface area contributed by atoms with E-state index in [1.807, 2.05) is 6.92 Å². The number of hydrogen-bond acceptors (Lipinski definition) is 3. The zero-order valence-corrected chi connectivity index (χ0v) is 8.95. The predicted molar refractivity (Wildman–Crippen MR) is 58.6 cm³/mol. The standard InChI is InChI=1S/C11H16N2O2/c1-3-8(2)15-10-6-4-9(5-7-10)11(12)13-14/h4-8,14H,3H2,1-2H3,(H2,12,13)/t8-/m1/s1. The van der Waals surface area contributed by atoms with Crippen LogP contribution in [0.3, 0.4) is 0 Å². The van der Waals surface area contributed by atoms with Gasteiger partial charge in [0.25, 0.3) is 0 Å². The highest BCUT2D eigenvalue weighted by atomic mass is 16.5. The molecule has 1 atom stereocenters. The van der Waals surface area contributed by atoms with Crippen molar-refractivity contribution in [1.82, 2.24) is 5.48 Å². The molecule has 0 heterocycles. The monoisotopic (exact) mass is 208 g/mol. The molecule has 4 nitrogen and oxygen atoms in total. The van der Waals surface area contributed by atoms with Gasteiger partial charge in [0.1, 0.15) is 11.6 Å². The molecular weight excluding hydrogens is 192 g/mol. The van der Waals surface area contributed by atoms with Gasteiger partial charge in [-0.3, -0.25) is 16.1 Å². The number of benzene rings is 1. The number of ether oxygens (including phenoxy) is 1. The smallest absolute Gasteiger partial charge is 0.149 e. The zero-order chi connectivity index (χ0) is 11.3. The molecule has 0 aliphatic rings. The molecule has 0 unspecified atom stereocenters. The third-order valence-corrected chi connectivity index (χ3v) is 2.17. The van der Waals surface area contributed by atoms with Gasteiger partial charge < -0.3 is 4.74 Å².